The van der Waals surface area contributed by atoms with Crippen molar-refractivity contribution in [3.63, 3.8) is 0 Å². The second kappa shape index (κ2) is 23.3. The van der Waals surface area contributed by atoms with Crippen molar-refractivity contribution >= 4 is 27.5 Å². The molecule has 3 aromatic rings. The number of rotatable bonds is 9. The van der Waals surface area contributed by atoms with E-state index in [1.807, 2.05) is 0 Å². The molecule has 1 saturated heterocycles. The third-order valence-electron chi connectivity index (χ3n) is 7.11. The molecule has 49 heavy (non-hydrogen) atoms. The zero-order valence-corrected chi connectivity index (χ0v) is 38.7. The van der Waals surface area contributed by atoms with Crippen molar-refractivity contribution in [2.24, 2.45) is 0 Å². The molecule has 1 radical (unpaired) electrons. The normalized spacial score (nSPS) is 12.8. The summed E-state index contributed by atoms with van der Waals surface area (Å²) in [6.45, 7) is 41.1. The van der Waals surface area contributed by atoms with Crippen molar-refractivity contribution in [1.82, 2.24) is 0 Å². The topological polar surface area (TPSA) is 37.4 Å². The Labute approximate surface area is 331 Å². The van der Waals surface area contributed by atoms with Gasteiger partial charge in [0.05, 0.1) is 0 Å². The smallest absolute Gasteiger partial charge is 0.0466 e. The van der Waals surface area contributed by atoms with Crippen LogP contribution in [0.4, 0.5) is 11.4 Å². The van der Waals surface area contributed by atoms with Crippen LogP contribution in [0.3, 0.4) is 0 Å². The van der Waals surface area contributed by atoms with Crippen LogP contribution in [0, 0.1) is 13.1 Å². The standard InChI is InChI=1S/C31H40N2.C4H8O.2C4H11Si.Y/c1-20(2)25-16-12-17-26(21(3)4)29(25)32-31(24-14-10-9-11-15-24)33-30-27(22(5)6)18-13-19-28(30)23(7)8;1-2-4-5-3-1;2*1-5(2,3)4;/h9-23,31H,1-8H3;1-4H2;2*1H2,2-4H3;/q-2;;2*-1;. The van der Waals surface area contributed by atoms with Crippen molar-refractivity contribution < 1.29 is 37.4 Å². The summed E-state index contributed by atoms with van der Waals surface area (Å²) in [7, 11) is -1.72. The molecule has 0 unspecified atom stereocenters. The molecule has 273 valence electrons. The summed E-state index contributed by atoms with van der Waals surface area (Å²) in [4.78, 5) is 0. The van der Waals surface area contributed by atoms with Gasteiger partial charge >= 0.3 is 0 Å². The molecule has 1 aliphatic heterocycles. The molecule has 0 N–H and O–H groups in total. The Balaban J connectivity index is 0.00000119. The summed E-state index contributed by atoms with van der Waals surface area (Å²) in [5.74, 6) is 1.59. The SMILES string of the molecule is C1CCOC1.CC(C)c1cccc(C(C)C)c1[N-]C([N-]c1c(C(C)C)cccc1C(C)C)c1ccccc1.[CH2-][Si](C)(C)C.[CH2-][Si](C)(C)C.[Y]. The molecule has 0 bridgehead atoms. The van der Waals surface area contributed by atoms with Crippen LogP contribution in [0.5, 0.6) is 0 Å². The average Bonchev–Trinajstić information content (AvgIpc) is 3.56. The van der Waals surface area contributed by atoms with Gasteiger partial charge in [-0.15, -0.1) is 27.5 Å². The van der Waals surface area contributed by atoms with Crippen LogP contribution in [-0.4, -0.2) is 29.4 Å². The molecule has 1 heterocycles. The van der Waals surface area contributed by atoms with E-state index >= 15 is 0 Å². The van der Waals surface area contributed by atoms with Gasteiger partial charge in [0, 0.05) is 45.9 Å². The quantitative estimate of drug-likeness (QED) is 0.158. The minimum atomic E-state index is -0.861. The van der Waals surface area contributed by atoms with Crippen molar-refractivity contribution in [2.75, 3.05) is 13.2 Å². The summed E-state index contributed by atoms with van der Waals surface area (Å²) in [5, 5.41) is 10.8. The van der Waals surface area contributed by atoms with Crippen LogP contribution in [0.2, 0.25) is 39.3 Å². The number of para-hydroxylation sites is 2. The van der Waals surface area contributed by atoms with Crippen LogP contribution in [0.25, 0.3) is 10.6 Å². The van der Waals surface area contributed by atoms with Gasteiger partial charge in [-0.3, -0.25) is 0 Å². The van der Waals surface area contributed by atoms with Crippen LogP contribution < -0.4 is 0 Å². The van der Waals surface area contributed by atoms with Crippen LogP contribution in [0.1, 0.15) is 126 Å². The van der Waals surface area contributed by atoms with E-state index in [1.54, 1.807) is 0 Å². The Morgan fingerprint density at radius 1 is 0.510 bits per heavy atom. The van der Waals surface area contributed by atoms with Gasteiger partial charge < -0.3 is 28.5 Å². The fourth-order valence-electron chi connectivity index (χ4n) is 4.88. The Morgan fingerprint density at radius 2 is 0.796 bits per heavy atom. The van der Waals surface area contributed by atoms with Gasteiger partial charge in [-0.05, 0) is 36.5 Å². The number of hydrogen-bond donors (Lipinski definition) is 0. The third kappa shape index (κ3) is 20.4. The van der Waals surface area contributed by atoms with Gasteiger partial charge in [0.1, 0.15) is 0 Å². The maximum absolute atomic E-state index is 5.40. The Bertz CT molecular complexity index is 1160. The van der Waals surface area contributed by atoms with Crippen molar-refractivity contribution in [1.29, 1.82) is 0 Å². The summed E-state index contributed by atoms with van der Waals surface area (Å²) in [6, 6.07) is 23.8. The molecular weight excluding hydrogens is 706 g/mol. The van der Waals surface area contributed by atoms with Gasteiger partial charge in [0.15, 0.2) is 0 Å². The van der Waals surface area contributed by atoms with Crippen molar-refractivity contribution in [3.8, 4) is 0 Å². The first-order valence-electron chi connectivity index (χ1n) is 18.2. The fourth-order valence-corrected chi connectivity index (χ4v) is 4.88. The van der Waals surface area contributed by atoms with E-state index < -0.39 is 16.1 Å². The van der Waals surface area contributed by atoms with E-state index in [1.165, 1.54) is 35.1 Å². The average molecular weight is 776 g/mol. The van der Waals surface area contributed by atoms with Crippen molar-refractivity contribution in [3.05, 3.63) is 118 Å². The van der Waals surface area contributed by atoms with Crippen LogP contribution in [0.15, 0.2) is 66.7 Å². The molecule has 0 amide bonds. The minimum absolute atomic E-state index is 0. The molecule has 6 heteroatoms. The summed E-state index contributed by atoms with van der Waals surface area (Å²) in [6.07, 6.45) is 2.26. The van der Waals surface area contributed by atoms with Crippen molar-refractivity contribution in [2.45, 2.75) is 137 Å². The summed E-state index contributed by atoms with van der Waals surface area (Å²) in [5.41, 5.74) is 8.50. The molecule has 0 aliphatic carbocycles. The van der Waals surface area contributed by atoms with E-state index in [2.05, 4.69) is 174 Å². The molecule has 0 saturated carbocycles. The van der Waals surface area contributed by atoms with E-state index in [9.17, 15) is 0 Å². The van der Waals surface area contributed by atoms with Crippen LogP contribution >= 0.6 is 0 Å². The maximum atomic E-state index is 5.40. The molecule has 3 nitrogen and oxygen atoms in total. The molecule has 0 atom stereocenters. The van der Waals surface area contributed by atoms with Gasteiger partial charge in [-0.25, -0.2) is 0 Å². The second-order valence-electron chi connectivity index (χ2n) is 16.7. The van der Waals surface area contributed by atoms with Crippen LogP contribution in [-0.2, 0) is 37.4 Å². The summed E-state index contributed by atoms with van der Waals surface area (Å²) < 4.78 is 4.94. The predicted octanol–water partition coefficient (Wildman–Crippen LogP) is 14.8. The first kappa shape index (κ1) is 47.8. The molecular formula is C43H70N2OSi2Y-4. The number of hydrogen-bond acceptors (Lipinski definition) is 1. The van der Waals surface area contributed by atoms with Gasteiger partial charge in [0.25, 0.3) is 0 Å². The largest absolute Gasteiger partial charge is 0.693 e. The predicted molar refractivity (Wildman–Crippen MR) is 222 cm³/mol. The van der Waals surface area contributed by atoms with Gasteiger partial charge in [-0.2, -0.15) is 6.17 Å². The number of ether oxygens (including phenoxy) is 1. The van der Waals surface area contributed by atoms with E-state index in [-0.39, 0.29) is 38.9 Å². The Hall–Kier alpha value is -1.24. The monoisotopic (exact) mass is 775 g/mol. The second-order valence-corrected chi connectivity index (χ2v) is 26.9. The molecule has 1 fully saturated rings. The summed E-state index contributed by atoms with van der Waals surface area (Å²) >= 11 is 0. The zero-order valence-electron chi connectivity index (χ0n) is 33.9. The first-order valence-corrected chi connectivity index (χ1v) is 25.6. The minimum Gasteiger partial charge on any atom is -0.693 e. The van der Waals surface area contributed by atoms with E-state index in [0.29, 0.717) is 23.7 Å². The van der Waals surface area contributed by atoms with E-state index in [4.69, 9.17) is 15.4 Å². The number of benzene rings is 3. The Morgan fingerprint density at radius 3 is 1.02 bits per heavy atom. The fraction of sp³-hybridized carbons (Fsp3) is 0.535. The molecule has 4 rings (SSSR count). The van der Waals surface area contributed by atoms with Gasteiger partial charge in [0.2, 0.25) is 0 Å². The molecule has 0 aromatic heterocycles. The molecule has 1 aliphatic rings. The maximum Gasteiger partial charge on any atom is 0.0466 e. The van der Waals surface area contributed by atoms with E-state index in [0.717, 1.165) is 30.2 Å². The first-order chi connectivity index (χ1) is 22.2. The Kier molecular flexibility index (Phi) is 22.8. The zero-order chi connectivity index (χ0) is 36.7. The molecule has 0 spiro atoms. The van der Waals surface area contributed by atoms with Gasteiger partial charge in [-0.1, -0.05) is 189 Å². The molecule has 3 aromatic carbocycles. The number of nitrogens with zero attached hydrogens (tertiary/aromatic N) is 2. The third-order valence-corrected chi connectivity index (χ3v) is 7.11.